The summed E-state index contributed by atoms with van der Waals surface area (Å²) >= 11 is 0. The van der Waals surface area contributed by atoms with Gasteiger partial charge in [0.2, 0.25) is 0 Å². The molecule has 4 nitrogen and oxygen atoms in total. The lowest BCUT2D eigenvalue weighted by Gasteiger charge is -2.17. The van der Waals surface area contributed by atoms with Crippen molar-refractivity contribution in [3.8, 4) is 0 Å². The molecule has 0 N–H and O–H groups in total. The summed E-state index contributed by atoms with van der Waals surface area (Å²) < 4.78 is 0. The number of hydrogen-bond donors (Lipinski definition) is 0. The van der Waals surface area contributed by atoms with Crippen LogP contribution in [0.5, 0.6) is 0 Å². The number of nitroso groups, excluding NO2 is 1. The van der Waals surface area contributed by atoms with Gasteiger partial charge < -0.3 is 4.90 Å². The molecule has 2 aromatic rings. The van der Waals surface area contributed by atoms with Crippen LogP contribution in [0.25, 0.3) is 0 Å². The van der Waals surface area contributed by atoms with E-state index in [0.717, 1.165) is 25.1 Å². The average molecular weight is 338 g/mol. The number of carbonyl (C=O) groups is 1. The minimum Gasteiger partial charge on any atom is -0.302 e. The Kier molecular flexibility index (Phi) is 7.02. The molecular formula is C21H26N2O2. The van der Waals surface area contributed by atoms with Crippen molar-refractivity contribution in [1.29, 1.82) is 0 Å². The summed E-state index contributed by atoms with van der Waals surface area (Å²) in [6, 6.07) is 14.3. The summed E-state index contributed by atoms with van der Waals surface area (Å²) in [4.78, 5) is 26.0. The molecule has 2 rings (SSSR count). The number of benzene rings is 2. The Labute approximate surface area is 149 Å². The van der Waals surface area contributed by atoms with Gasteiger partial charge in [0, 0.05) is 12.1 Å². The van der Waals surface area contributed by atoms with E-state index in [1.54, 1.807) is 24.3 Å². The first-order valence-corrected chi connectivity index (χ1v) is 8.76. The van der Waals surface area contributed by atoms with Gasteiger partial charge in [0.25, 0.3) is 0 Å². The number of rotatable bonds is 9. The van der Waals surface area contributed by atoms with Gasteiger partial charge in [-0.3, -0.25) is 4.79 Å². The molecule has 25 heavy (non-hydrogen) atoms. The molecule has 0 heterocycles. The van der Waals surface area contributed by atoms with Gasteiger partial charge in [0.05, 0.1) is 5.56 Å². The van der Waals surface area contributed by atoms with Crippen molar-refractivity contribution in [3.63, 3.8) is 0 Å². The molecule has 0 atom stereocenters. The van der Waals surface area contributed by atoms with E-state index in [1.807, 2.05) is 24.3 Å². The number of ketones is 1. The van der Waals surface area contributed by atoms with Crippen LogP contribution in [-0.4, -0.2) is 24.3 Å². The van der Waals surface area contributed by atoms with E-state index in [1.165, 1.54) is 6.42 Å². The smallest absolute Gasteiger partial charge is 0.195 e. The van der Waals surface area contributed by atoms with Gasteiger partial charge in [-0.25, -0.2) is 0 Å². The molecule has 0 radical (unpaired) electrons. The van der Waals surface area contributed by atoms with E-state index >= 15 is 0 Å². The third-order valence-corrected chi connectivity index (χ3v) is 4.21. The standard InChI is InChI=1S/C21H26N2O2/c1-16(2)8-7-13-23(3)15-17-11-12-19(20(14-17)22-25)21(24)18-9-5-4-6-10-18/h4-6,9-12,14,16H,7-8,13,15H2,1-3H3. The zero-order chi connectivity index (χ0) is 18.2. The van der Waals surface area contributed by atoms with Crippen LogP contribution in [0.4, 0.5) is 5.69 Å². The zero-order valence-corrected chi connectivity index (χ0v) is 15.2. The quantitative estimate of drug-likeness (QED) is 0.467. The predicted octanol–water partition coefficient (Wildman–Crippen LogP) is 5.18. The second-order valence-corrected chi connectivity index (χ2v) is 6.91. The van der Waals surface area contributed by atoms with Crippen LogP contribution in [0.1, 0.15) is 48.2 Å². The minimum atomic E-state index is -0.174. The molecule has 0 spiro atoms. The maximum atomic E-state index is 12.6. The van der Waals surface area contributed by atoms with Crippen LogP contribution in [0.2, 0.25) is 0 Å². The third kappa shape index (κ3) is 5.61. The summed E-state index contributed by atoms with van der Waals surface area (Å²) in [5.41, 5.74) is 2.12. The average Bonchev–Trinajstić information content (AvgIpc) is 2.61. The predicted molar refractivity (Wildman–Crippen MR) is 102 cm³/mol. The SMILES string of the molecule is CC(C)CCCN(C)Cc1ccc(C(=O)c2ccccc2)c(N=O)c1. The van der Waals surface area contributed by atoms with Crippen LogP contribution in [-0.2, 0) is 6.54 Å². The summed E-state index contributed by atoms with van der Waals surface area (Å²) in [7, 11) is 2.07. The highest BCUT2D eigenvalue weighted by Gasteiger charge is 2.15. The van der Waals surface area contributed by atoms with Crippen molar-refractivity contribution in [3.05, 3.63) is 70.1 Å². The Hall–Kier alpha value is -2.33. The van der Waals surface area contributed by atoms with E-state index in [2.05, 4.69) is 31.0 Å². The van der Waals surface area contributed by atoms with Crippen LogP contribution in [0, 0.1) is 10.8 Å². The Balaban J connectivity index is 2.08. The molecule has 0 aliphatic carbocycles. The van der Waals surface area contributed by atoms with Crippen molar-refractivity contribution in [2.45, 2.75) is 33.2 Å². The molecule has 132 valence electrons. The zero-order valence-electron chi connectivity index (χ0n) is 15.2. The molecule has 0 unspecified atom stereocenters. The first-order valence-electron chi connectivity index (χ1n) is 8.76. The van der Waals surface area contributed by atoms with Crippen LogP contribution >= 0.6 is 0 Å². The van der Waals surface area contributed by atoms with Gasteiger partial charge in [-0.05, 0) is 55.2 Å². The highest BCUT2D eigenvalue weighted by Crippen LogP contribution is 2.24. The third-order valence-electron chi connectivity index (χ3n) is 4.21. The van der Waals surface area contributed by atoms with Gasteiger partial charge in [-0.2, -0.15) is 0 Å². The first-order chi connectivity index (χ1) is 12.0. The van der Waals surface area contributed by atoms with E-state index in [0.29, 0.717) is 17.0 Å². The second kappa shape index (κ2) is 9.23. The number of carbonyl (C=O) groups excluding carboxylic acids is 1. The van der Waals surface area contributed by atoms with Crippen LogP contribution < -0.4 is 0 Å². The van der Waals surface area contributed by atoms with E-state index in [9.17, 15) is 9.70 Å². The maximum absolute atomic E-state index is 12.6. The van der Waals surface area contributed by atoms with Gasteiger partial charge in [-0.15, -0.1) is 4.91 Å². The summed E-state index contributed by atoms with van der Waals surface area (Å²) in [6.07, 6.45) is 2.35. The van der Waals surface area contributed by atoms with Crippen molar-refractivity contribution in [2.75, 3.05) is 13.6 Å². The molecule has 0 saturated carbocycles. The molecule has 0 saturated heterocycles. The molecule has 0 fully saturated rings. The summed E-state index contributed by atoms with van der Waals surface area (Å²) in [5.74, 6) is 0.537. The van der Waals surface area contributed by atoms with Crippen LogP contribution in [0.15, 0.2) is 53.7 Å². The van der Waals surface area contributed by atoms with Gasteiger partial charge in [0.1, 0.15) is 5.69 Å². The highest BCUT2D eigenvalue weighted by molar-refractivity contribution is 6.11. The lowest BCUT2D eigenvalue weighted by atomic mass is 10.00. The molecular weight excluding hydrogens is 312 g/mol. The van der Waals surface area contributed by atoms with Gasteiger partial charge in [-0.1, -0.05) is 50.2 Å². The first kappa shape index (κ1) is 19.0. The fourth-order valence-corrected chi connectivity index (χ4v) is 2.85. The lowest BCUT2D eigenvalue weighted by molar-refractivity contribution is 0.103. The molecule has 0 aliphatic heterocycles. The normalized spacial score (nSPS) is 11.1. The minimum absolute atomic E-state index is 0.174. The van der Waals surface area contributed by atoms with E-state index < -0.39 is 0 Å². The van der Waals surface area contributed by atoms with Crippen LogP contribution in [0.3, 0.4) is 0 Å². The van der Waals surface area contributed by atoms with Crippen molar-refractivity contribution < 1.29 is 4.79 Å². The Morgan fingerprint density at radius 3 is 2.48 bits per heavy atom. The second-order valence-electron chi connectivity index (χ2n) is 6.91. The monoisotopic (exact) mass is 338 g/mol. The molecule has 4 heteroatoms. The molecule has 0 bridgehead atoms. The maximum Gasteiger partial charge on any atom is 0.195 e. The Morgan fingerprint density at radius 1 is 1.12 bits per heavy atom. The van der Waals surface area contributed by atoms with E-state index in [4.69, 9.17) is 0 Å². The van der Waals surface area contributed by atoms with Crippen molar-refractivity contribution in [2.24, 2.45) is 11.1 Å². The molecule has 0 aliphatic rings. The molecule has 0 amide bonds. The topological polar surface area (TPSA) is 49.7 Å². The van der Waals surface area contributed by atoms with Gasteiger partial charge in [0.15, 0.2) is 5.78 Å². The van der Waals surface area contributed by atoms with Gasteiger partial charge >= 0.3 is 0 Å². The number of hydrogen-bond acceptors (Lipinski definition) is 4. The Morgan fingerprint density at radius 2 is 1.84 bits per heavy atom. The van der Waals surface area contributed by atoms with Crippen molar-refractivity contribution >= 4 is 11.5 Å². The molecule has 2 aromatic carbocycles. The van der Waals surface area contributed by atoms with Crippen molar-refractivity contribution in [1.82, 2.24) is 4.90 Å². The fourth-order valence-electron chi connectivity index (χ4n) is 2.85. The summed E-state index contributed by atoms with van der Waals surface area (Å²) in [6.45, 7) is 6.20. The number of nitrogens with zero attached hydrogens (tertiary/aromatic N) is 2. The Bertz CT molecular complexity index is 711. The summed E-state index contributed by atoms with van der Waals surface area (Å²) in [5, 5.41) is 3.08. The van der Waals surface area contributed by atoms with E-state index in [-0.39, 0.29) is 11.5 Å². The fraction of sp³-hybridized carbons (Fsp3) is 0.381. The highest BCUT2D eigenvalue weighted by atomic mass is 16.3. The lowest BCUT2D eigenvalue weighted by Crippen LogP contribution is -2.19. The largest absolute Gasteiger partial charge is 0.302 e. The molecule has 0 aromatic heterocycles.